The molecule has 0 spiro atoms. The molecular weight excluding hydrogens is 330 g/mol. The predicted molar refractivity (Wildman–Crippen MR) is 102 cm³/mol. The Morgan fingerprint density at radius 1 is 1.23 bits per heavy atom. The first-order valence-electron chi connectivity index (χ1n) is 8.86. The van der Waals surface area contributed by atoms with Gasteiger partial charge >= 0.3 is 0 Å². The summed E-state index contributed by atoms with van der Waals surface area (Å²) in [5.74, 6) is 1.46. The van der Waals surface area contributed by atoms with Crippen molar-refractivity contribution in [3.8, 4) is 0 Å². The lowest BCUT2D eigenvalue weighted by Gasteiger charge is -2.11. The topological polar surface area (TPSA) is 96.2 Å². The van der Waals surface area contributed by atoms with Gasteiger partial charge in [0.25, 0.3) is 5.91 Å². The van der Waals surface area contributed by atoms with E-state index in [1.54, 1.807) is 4.68 Å². The second kappa shape index (κ2) is 10.2. The van der Waals surface area contributed by atoms with E-state index in [4.69, 9.17) is 0 Å². The number of aliphatic imine (C=N–C) groups is 1. The number of nitrogens with zero attached hydrogens (tertiary/aromatic N) is 4. The van der Waals surface area contributed by atoms with Crippen LogP contribution in [0.2, 0.25) is 0 Å². The first-order valence-corrected chi connectivity index (χ1v) is 8.86. The highest BCUT2D eigenvalue weighted by atomic mass is 16.1. The Morgan fingerprint density at radius 3 is 2.77 bits per heavy atom. The number of carbonyl (C=O) groups is 1. The molecule has 0 aliphatic rings. The molecule has 8 heteroatoms. The Morgan fingerprint density at radius 2 is 2.08 bits per heavy atom. The quantitative estimate of drug-likeness (QED) is 0.487. The van der Waals surface area contributed by atoms with Gasteiger partial charge in [0.15, 0.2) is 5.96 Å². The molecule has 0 fully saturated rings. The van der Waals surface area contributed by atoms with Gasteiger partial charge in [-0.05, 0) is 31.0 Å². The molecule has 26 heavy (non-hydrogen) atoms. The van der Waals surface area contributed by atoms with E-state index in [-0.39, 0.29) is 5.91 Å². The SMILES string of the molecule is CCCNC(=O)c1cccc(CN=C(NCC)NCc2ncnn2C)c1. The van der Waals surface area contributed by atoms with Crippen LogP contribution < -0.4 is 16.0 Å². The maximum atomic E-state index is 12.1. The summed E-state index contributed by atoms with van der Waals surface area (Å²) in [5.41, 5.74) is 1.63. The van der Waals surface area contributed by atoms with Crippen molar-refractivity contribution in [1.82, 2.24) is 30.7 Å². The maximum absolute atomic E-state index is 12.1. The van der Waals surface area contributed by atoms with E-state index in [0.717, 1.165) is 24.4 Å². The van der Waals surface area contributed by atoms with Crippen LogP contribution in [0.25, 0.3) is 0 Å². The van der Waals surface area contributed by atoms with Crippen LogP contribution in [0.15, 0.2) is 35.6 Å². The molecule has 1 amide bonds. The van der Waals surface area contributed by atoms with E-state index >= 15 is 0 Å². The first-order chi connectivity index (χ1) is 12.6. The molecule has 0 saturated heterocycles. The molecule has 0 radical (unpaired) electrons. The minimum absolute atomic E-state index is 0.0509. The van der Waals surface area contributed by atoms with E-state index in [2.05, 4.69) is 31.0 Å². The second-order valence-corrected chi connectivity index (χ2v) is 5.80. The zero-order valence-electron chi connectivity index (χ0n) is 15.6. The fourth-order valence-electron chi connectivity index (χ4n) is 2.31. The average Bonchev–Trinajstić information content (AvgIpc) is 3.07. The van der Waals surface area contributed by atoms with Crippen LogP contribution in [0.3, 0.4) is 0 Å². The van der Waals surface area contributed by atoms with Crippen molar-refractivity contribution < 1.29 is 4.79 Å². The third-order valence-electron chi connectivity index (χ3n) is 3.71. The number of hydrogen-bond donors (Lipinski definition) is 3. The van der Waals surface area contributed by atoms with E-state index < -0.39 is 0 Å². The van der Waals surface area contributed by atoms with Crippen LogP contribution in [-0.2, 0) is 20.1 Å². The largest absolute Gasteiger partial charge is 0.357 e. The Bertz CT molecular complexity index is 739. The summed E-state index contributed by atoms with van der Waals surface area (Å²) in [6, 6.07) is 7.54. The molecule has 0 bridgehead atoms. The van der Waals surface area contributed by atoms with Crippen molar-refractivity contribution in [3.63, 3.8) is 0 Å². The van der Waals surface area contributed by atoms with Crippen LogP contribution >= 0.6 is 0 Å². The molecule has 1 aromatic heterocycles. The third-order valence-corrected chi connectivity index (χ3v) is 3.71. The van der Waals surface area contributed by atoms with Gasteiger partial charge in [-0.2, -0.15) is 5.10 Å². The van der Waals surface area contributed by atoms with Crippen molar-refractivity contribution in [2.75, 3.05) is 13.1 Å². The Hall–Kier alpha value is -2.90. The molecule has 0 aliphatic heterocycles. The van der Waals surface area contributed by atoms with Crippen LogP contribution in [0.4, 0.5) is 0 Å². The molecule has 1 aromatic carbocycles. The number of hydrogen-bond acceptors (Lipinski definition) is 4. The monoisotopic (exact) mass is 357 g/mol. The molecule has 8 nitrogen and oxygen atoms in total. The van der Waals surface area contributed by atoms with Gasteiger partial charge in [0.05, 0.1) is 13.1 Å². The number of aromatic nitrogens is 3. The first kappa shape index (κ1) is 19.4. The summed E-state index contributed by atoms with van der Waals surface area (Å²) in [4.78, 5) is 20.8. The standard InChI is InChI=1S/C18H27N7O/c1-4-9-20-17(26)15-8-6-7-14(10-15)11-21-18(19-5-2)22-12-16-23-13-24-25(16)3/h6-8,10,13H,4-5,9,11-12H2,1-3H3,(H,20,26)(H2,19,21,22). The molecule has 2 rings (SSSR count). The fraction of sp³-hybridized carbons (Fsp3) is 0.444. The lowest BCUT2D eigenvalue weighted by Crippen LogP contribution is -2.37. The smallest absolute Gasteiger partial charge is 0.251 e. The molecule has 0 saturated carbocycles. The molecule has 0 aliphatic carbocycles. The zero-order chi connectivity index (χ0) is 18.8. The molecule has 0 atom stereocenters. The number of carbonyl (C=O) groups excluding carboxylic acids is 1. The van der Waals surface area contributed by atoms with Crippen LogP contribution in [0.1, 0.15) is 42.0 Å². The minimum Gasteiger partial charge on any atom is -0.357 e. The zero-order valence-corrected chi connectivity index (χ0v) is 15.6. The number of rotatable bonds is 8. The minimum atomic E-state index is -0.0509. The molecule has 140 valence electrons. The Kier molecular flexibility index (Phi) is 7.60. The molecule has 1 heterocycles. The van der Waals surface area contributed by atoms with Crippen molar-refractivity contribution >= 4 is 11.9 Å². The predicted octanol–water partition coefficient (Wildman–Crippen LogP) is 1.21. The van der Waals surface area contributed by atoms with Gasteiger partial charge in [-0.15, -0.1) is 0 Å². The lowest BCUT2D eigenvalue weighted by molar-refractivity contribution is 0.0953. The third kappa shape index (κ3) is 5.87. The molecule has 3 N–H and O–H groups in total. The molecule has 2 aromatic rings. The summed E-state index contributed by atoms with van der Waals surface area (Å²) in [7, 11) is 1.85. The van der Waals surface area contributed by atoms with Gasteiger partial charge in [0.1, 0.15) is 12.2 Å². The number of guanidine groups is 1. The number of benzene rings is 1. The highest BCUT2D eigenvalue weighted by molar-refractivity contribution is 5.94. The van der Waals surface area contributed by atoms with Gasteiger partial charge in [-0.1, -0.05) is 19.1 Å². The number of aryl methyl sites for hydroxylation is 1. The van der Waals surface area contributed by atoms with Gasteiger partial charge < -0.3 is 16.0 Å². The van der Waals surface area contributed by atoms with E-state index in [0.29, 0.717) is 31.2 Å². The van der Waals surface area contributed by atoms with Crippen LogP contribution in [-0.4, -0.2) is 39.7 Å². The van der Waals surface area contributed by atoms with Crippen LogP contribution in [0.5, 0.6) is 0 Å². The summed E-state index contributed by atoms with van der Waals surface area (Å²) in [6.07, 6.45) is 2.44. The Labute approximate surface area is 154 Å². The van der Waals surface area contributed by atoms with Gasteiger partial charge in [0.2, 0.25) is 0 Å². The van der Waals surface area contributed by atoms with Crippen molar-refractivity contribution in [3.05, 3.63) is 47.5 Å². The normalized spacial score (nSPS) is 11.3. The second-order valence-electron chi connectivity index (χ2n) is 5.80. The van der Waals surface area contributed by atoms with E-state index in [1.807, 2.05) is 45.2 Å². The molecular formula is C18H27N7O. The van der Waals surface area contributed by atoms with Gasteiger partial charge in [0, 0.05) is 25.7 Å². The van der Waals surface area contributed by atoms with E-state index in [1.165, 1.54) is 6.33 Å². The summed E-state index contributed by atoms with van der Waals surface area (Å²) >= 11 is 0. The van der Waals surface area contributed by atoms with Crippen LogP contribution in [0, 0.1) is 0 Å². The van der Waals surface area contributed by atoms with Crippen molar-refractivity contribution in [2.24, 2.45) is 12.0 Å². The van der Waals surface area contributed by atoms with Crippen molar-refractivity contribution in [1.29, 1.82) is 0 Å². The summed E-state index contributed by atoms with van der Waals surface area (Å²) in [6.45, 7) is 6.48. The summed E-state index contributed by atoms with van der Waals surface area (Å²) in [5, 5.41) is 13.4. The number of nitrogens with one attached hydrogen (secondary N) is 3. The maximum Gasteiger partial charge on any atom is 0.251 e. The van der Waals surface area contributed by atoms with E-state index in [9.17, 15) is 4.79 Å². The summed E-state index contributed by atoms with van der Waals surface area (Å²) < 4.78 is 1.72. The number of amides is 1. The lowest BCUT2D eigenvalue weighted by atomic mass is 10.1. The highest BCUT2D eigenvalue weighted by Gasteiger charge is 2.06. The molecule has 0 unspecified atom stereocenters. The average molecular weight is 357 g/mol. The van der Waals surface area contributed by atoms with Gasteiger partial charge in [-0.25, -0.2) is 9.98 Å². The fourth-order valence-corrected chi connectivity index (χ4v) is 2.31. The Balaban J connectivity index is 1.99. The van der Waals surface area contributed by atoms with Crippen molar-refractivity contribution in [2.45, 2.75) is 33.4 Å². The highest BCUT2D eigenvalue weighted by Crippen LogP contribution is 2.07. The van der Waals surface area contributed by atoms with Gasteiger partial charge in [-0.3, -0.25) is 9.48 Å².